The fourth-order valence-corrected chi connectivity index (χ4v) is 1.29. The highest BCUT2D eigenvalue weighted by molar-refractivity contribution is 4.85. The lowest BCUT2D eigenvalue weighted by molar-refractivity contribution is 0.660. The largest absolute Gasteiger partial charge is 0.0906 e. The first-order valence-corrected chi connectivity index (χ1v) is 3.45. The predicted octanol–water partition coefficient (Wildman–Crippen LogP) is 2.53. The van der Waals surface area contributed by atoms with E-state index in [1.54, 1.807) is 0 Å². The Morgan fingerprint density at radius 2 is 1.45 bits per heavy atom. The van der Waals surface area contributed by atoms with E-state index in [0.717, 1.165) is 12.8 Å². The van der Waals surface area contributed by atoms with E-state index >= 15 is 0 Å². The smallest absolute Gasteiger partial charge is 0.0378 e. The van der Waals surface area contributed by atoms with Crippen LogP contribution < -0.4 is 0 Å². The van der Waals surface area contributed by atoms with Crippen molar-refractivity contribution in [3.8, 4) is 0 Å². The maximum atomic E-state index is 8.10. The average molecular weight is 152 g/mol. The second kappa shape index (κ2) is 3.71. The summed E-state index contributed by atoms with van der Waals surface area (Å²) in [6.45, 7) is 0. The molecule has 1 fully saturated rings. The molecule has 0 aromatic heterocycles. The molecule has 1 saturated carbocycles. The summed E-state index contributed by atoms with van der Waals surface area (Å²) in [5, 5.41) is 7.11. The molecule has 0 radical (unpaired) electrons. The summed E-state index contributed by atoms with van der Waals surface area (Å²) < 4.78 is 0. The Morgan fingerprint density at radius 3 is 1.82 bits per heavy atom. The van der Waals surface area contributed by atoms with Crippen LogP contribution in [-0.4, -0.2) is 12.1 Å². The molecule has 0 aromatic rings. The minimum absolute atomic E-state index is 0.0375. The first kappa shape index (κ1) is 7.72. The first-order chi connectivity index (χ1) is 5.36. The Hall–Kier alpha value is -1.38. The first-order valence-electron chi connectivity index (χ1n) is 3.45. The molecule has 0 amide bonds. The zero-order chi connectivity index (χ0) is 8.10. The number of azide groups is 2. The molecule has 0 aromatic carbocycles. The van der Waals surface area contributed by atoms with Crippen molar-refractivity contribution in [2.45, 2.75) is 31.3 Å². The van der Waals surface area contributed by atoms with E-state index < -0.39 is 0 Å². The fraction of sp³-hybridized carbons (Fsp3) is 1.00. The summed E-state index contributed by atoms with van der Waals surface area (Å²) in [6.07, 6.45) is 2.38. The molecule has 11 heavy (non-hydrogen) atoms. The topological polar surface area (TPSA) is 97.5 Å². The summed E-state index contributed by atoms with van der Waals surface area (Å²) in [5.74, 6) is 0. The van der Waals surface area contributed by atoms with Crippen molar-refractivity contribution in [2.75, 3.05) is 0 Å². The Bertz CT molecular complexity index is 199. The van der Waals surface area contributed by atoms with Crippen molar-refractivity contribution in [3.05, 3.63) is 20.9 Å². The van der Waals surface area contributed by atoms with E-state index in [4.69, 9.17) is 11.1 Å². The lowest BCUT2D eigenvalue weighted by atomic mass is 10.2. The second-order valence-electron chi connectivity index (χ2n) is 2.53. The normalized spacial score (nSPS) is 28.7. The Kier molecular flexibility index (Phi) is 2.60. The Morgan fingerprint density at radius 1 is 1.00 bits per heavy atom. The van der Waals surface area contributed by atoms with E-state index in [0.29, 0.717) is 6.42 Å². The lowest BCUT2D eigenvalue weighted by Gasteiger charge is -1.97. The van der Waals surface area contributed by atoms with Crippen molar-refractivity contribution in [2.24, 2.45) is 10.2 Å². The van der Waals surface area contributed by atoms with E-state index in [-0.39, 0.29) is 12.1 Å². The van der Waals surface area contributed by atoms with Gasteiger partial charge in [-0.1, -0.05) is 10.2 Å². The quantitative estimate of drug-likeness (QED) is 0.330. The van der Waals surface area contributed by atoms with Crippen molar-refractivity contribution in [3.63, 3.8) is 0 Å². The third-order valence-corrected chi connectivity index (χ3v) is 1.81. The van der Waals surface area contributed by atoms with E-state index in [2.05, 4.69) is 20.1 Å². The van der Waals surface area contributed by atoms with Gasteiger partial charge in [-0.25, -0.2) is 0 Å². The highest BCUT2D eigenvalue weighted by Gasteiger charge is 2.22. The van der Waals surface area contributed by atoms with Crippen molar-refractivity contribution in [1.29, 1.82) is 0 Å². The number of rotatable bonds is 2. The van der Waals surface area contributed by atoms with Gasteiger partial charge in [0.2, 0.25) is 0 Å². The number of hydrogen-bond donors (Lipinski definition) is 0. The molecule has 0 spiro atoms. The molecule has 2 atom stereocenters. The zero-order valence-corrected chi connectivity index (χ0v) is 5.96. The predicted molar refractivity (Wildman–Crippen MR) is 39.7 cm³/mol. The molecule has 0 unspecified atom stereocenters. The summed E-state index contributed by atoms with van der Waals surface area (Å²) >= 11 is 0. The van der Waals surface area contributed by atoms with Crippen molar-refractivity contribution < 1.29 is 0 Å². The molecule has 1 aliphatic carbocycles. The molecule has 0 saturated heterocycles. The molecule has 0 bridgehead atoms. The fourth-order valence-electron chi connectivity index (χ4n) is 1.29. The highest BCUT2D eigenvalue weighted by atomic mass is 15.2. The molecule has 58 valence electrons. The number of hydrogen-bond acceptors (Lipinski definition) is 2. The van der Waals surface area contributed by atoms with E-state index in [9.17, 15) is 0 Å². The van der Waals surface area contributed by atoms with Gasteiger partial charge in [-0.15, -0.1) is 0 Å². The molecule has 0 aliphatic heterocycles. The van der Waals surface area contributed by atoms with Crippen LogP contribution >= 0.6 is 0 Å². The van der Waals surface area contributed by atoms with Crippen LogP contribution in [0.4, 0.5) is 0 Å². The monoisotopic (exact) mass is 152 g/mol. The standard InChI is InChI=1S/C5H8N6/c6-10-8-4-1-2-5(3-4)9-11-7/h4-5H,1-3H2/t4-,5-/m0/s1. The van der Waals surface area contributed by atoms with Gasteiger partial charge < -0.3 is 0 Å². The molecule has 0 heterocycles. The van der Waals surface area contributed by atoms with Gasteiger partial charge in [-0.05, 0) is 30.3 Å². The third kappa shape index (κ3) is 2.04. The van der Waals surface area contributed by atoms with Crippen LogP contribution in [0.25, 0.3) is 20.9 Å². The van der Waals surface area contributed by atoms with Gasteiger partial charge in [0.25, 0.3) is 0 Å². The van der Waals surface area contributed by atoms with Gasteiger partial charge in [0, 0.05) is 21.9 Å². The summed E-state index contributed by atoms with van der Waals surface area (Å²) in [6, 6.07) is 0.0750. The van der Waals surface area contributed by atoms with Crippen LogP contribution in [0.3, 0.4) is 0 Å². The molecule has 6 heteroatoms. The lowest BCUT2D eigenvalue weighted by Crippen LogP contribution is -1.98. The van der Waals surface area contributed by atoms with Gasteiger partial charge in [0.05, 0.1) is 0 Å². The molecule has 0 N–H and O–H groups in total. The van der Waals surface area contributed by atoms with Crippen molar-refractivity contribution in [1.82, 2.24) is 0 Å². The van der Waals surface area contributed by atoms with Crippen LogP contribution in [-0.2, 0) is 0 Å². The van der Waals surface area contributed by atoms with Crippen LogP contribution in [0.5, 0.6) is 0 Å². The third-order valence-electron chi connectivity index (χ3n) is 1.81. The molecule has 6 nitrogen and oxygen atoms in total. The SMILES string of the molecule is [N-]=[N+]=N[C@H]1CC[C@H](N=[N+]=[N-])C1. The molecule has 1 aliphatic rings. The minimum Gasteiger partial charge on any atom is -0.0906 e. The highest BCUT2D eigenvalue weighted by Crippen LogP contribution is 2.24. The van der Waals surface area contributed by atoms with Gasteiger partial charge in [0.15, 0.2) is 0 Å². The van der Waals surface area contributed by atoms with Gasteiger partial charge in [-0.3, -0.25) is 0 Å². The van der Waals surface area contributed by atoms with Crippen LogP contribution in [0.15, 0.2) is 10.2 Å². The van der Waals surface area contributed by atoms with E-state index in [1.807, 2.05) is 0 Å². The van der Waals surface area contributed by atoms with Crippen molar-refractivity contribution >= 4 is 0 Å². The van der Waals surface area contributed by atoms with Crippen LogP contribution in [0.1, 0.15) is 19.3 Å². The van der Waals surface area contributed by atoms with Crippen LogP contribution in [0.2, 0.25) is 0 Å². The molecular formula is C5H8N6. The van der Waals surface area contributed by atoms with E-state index in [1.165, 1.54) is 0 Å². The van der Waals surface area contributed by atoms with Gasteiger partial charge in [-0.2, -0.15) is 0 Å². The van der Waals surface area contributed by atoms with Gasteiger partial charge in [0.1, 0.15) is 0 Å². The Labute approximate surface area is 63.5 Å². The summed E-state index contributed by atoms with van der Waals surface area (Å²) in [4.78, 5) is 5.40. The van der Waals surface area contributed by atoms with Crippen LogP contribution in [0, 0.1) is 0 Å². The minimum atomic E-state index is 0.0375. The Balaban J connectivity index is 2.46. The molecular weight excluding hydrogens is 144 g/mol. The average Bonchev–Trinajstić information content (AvgIpc) is 2.38. The number of nitrogens with zero attached hydrogens (tertiary/aromatic N) is 6. The summed E-state index contributed by atoms with van der Waals surface area (Å²) in [7, 11) is 0. The maximum absolute atomic E-state index is 8.10. The summed E-state index contributed by atoms with van der Waals surface area (Å²) in [5.41, 5.74) is 16.2. The van der Waals surface area contributed by atoms with Gasteiger partial charge >= 0.3 is 0 Å². The zero-order valence-electron chi connectivity index (χ0n) is 5.96. The molecule has 1 rings (SSSR count). The maximum Gasteiger partial charge on any atom is 0.0378 e. The second-order valence-corrected chi connectivity index (χ2v) is 2.53.